The fourth-order valence-corrected chi connectivity index (χ4v) is 1.55. The minimum absolute atomic E-state index is 0.122. The van der Waals surface area contributed by atoms with E-state index in [0.29, 0.717) is 11.7 Å². The Balaban J connectivity index is 2.35. The molecule has 2 rings (SSSR count). The van der Waals surface area contributed by atoms with E-state index in [-0.39, 0.29) is 11.5 Å². The SMILES string of the molecule is Cc1cccnc1-c1noc([C@@H](N)C(C)(C)C)n1. The Bertz CT molecular complexity index is 542. The number of nitrogens with two attached hydrogens (primary N) is 1. The third-order valence-corrected chi connectivity index (χ3v) is 2.86. The Morgan fingerprint density at radius 3 is 2.67 bits per heavy atom. The molecule has 18 heavy (non-hydrogen) atoms. The predicted octanol–water partition coefficient (Wildman–Crippen LogP) is 2.49. The molecule has 0 amide bonds. The van der Waals surface area contributed by atoms with Crippen LogP contribution in [0.4, 0.5) is 0 Å². The molecule has 0 saturated heterocycles. The van der Waals surface area contributed by atoms with Crippen LogP contribution in [0.5, 0.6) is 0 Å². The fourth-order valence-electron chi connectivity index (χ4n) is 1.55. The van der Waals surface area contributed by atoms with Crippen LogP contribution in [-0.4, -0.2) is 15.1 Å². The second kappa shape index (κ2) is 4.49. The maximum Gasteiger partial charge on any atom is 0.244 e. The van der Waals surface area contributed by atoms with E-state index in [2.05, 4.69) is 15.1 Å². The van der Waals surface area contributed by atoms with Crippen LogP contribution in [0.15, 0.2) is 22.9 Å². The first kappa shape index (κ1) is 12.7. The van der Waals surface area contributed by atoms with Crippen molar-refractivity contribution in [2.45, 2.75) is 33.7 Å². The molecule has 5 nitrogen and oxygen atoms in total. The van der Waals surface area contributed by atoms with Gasteiger partial charge in [-0.25, -0.2) is 0 Å². The summed E-state index contributed by atoms with van der Waals surface area (Å²) in [4.78, 5) is 8.60. The average molecular weight is 246 g/mol. The zero-order valence-corrected chi connectivity index (χ0v) is 11.1. The van der Waals surface area contributed by atoms with E-state index in [9.17, 15) is 0 Å². The molecular formula is C13H18N4O. The van der Waals surface area contributed by atoms with Crippen LogP contribution in [0.2, 0.25) is 0 Å². The lowest BCUT2D eigenvalue weighted by Gasteiger charge is -2.23. The monoisotopic (exact) mass is 246 g/mol. The summed E-state index contributed by atoms with van der Waals surface area (Å²) in [6, 6.07) is 3.55. The van der Waals surface area contributed by atoms with Crippen molar-refractivity contribution in [2.75, 3.05) is 0 Å². The quantitative estimate of drug-likeness (QED) is 0.880. The lowest BCUT2D eigenvalue weighted by atomic mass is 9.87. The van der Waals surface area contributed by atoms with Crippen LogP contribution in [-0.2, 0) is 0 Å². The van der Waals surface area contributed by atoms with Crippen molar-refractivity contribution in [3.05, 3.63) is 29.8 Å². The smallest absolute Gasteiger partial charge is 0.244 e. The van der Waals surface area contributed by atoms with E-state index < -0.39 is 0 Å². The Morgan fingerprint density at radius 1 is 1.33 bits per heavy atom. The first-order chi connectivity index (χ1) is 8.39. The van der Waals surface area contributed by atoms with Crippen molar-refractivity contribution in [1.82, 2.24) is 15.1 Å². The summed E-state index contributed by atoms with van der Waals surface area (Å²) in [5.74, 6) is 0.936. The predicted molar refractivity (Wildman–Crippen MR) is 68.6 cm³/mol. The topological polar surface area (TPSA) is 77.8 Å². The molecule has 1 atom stereocenters. The van der Waals surface area contributed by atoms with E-state index >= 15 is 0 Å². The van der Waals surface area contributed by atoms with Crippen LogP contribution in [0.1, 0.15) is 38.3 Å². The molecule has 2 N–H and O–H groups in total. The molecule has 5 heteroatoms. The van der Waals surface area contributed by atoms with Crippen LogP contribution in [0, 0.1) is 12.3 Å². The first-order valence-electron chi connectivity index (χ1n) is 5.91. The number of hydrogen-bond donors (Lipinski definition) is 1. The molecule has 2 heterocycles. The lowest BCUT2D eigenvalue weighted by Crippen LogP contribution is -2.26. The van der Waals surface area contributed by atoms with Gasteiger partial charge < -0.3 is 10.3 Å². The second-order valence-corrected chi connectivity index (χ2v) is 5.47. The number of hydrogen-bond acceptors (Lipinski definition) is 5. The number of nitrogens with zero attached hydrogens (tertiary/aromatic N) is 3. The Kier molecular flexibility index (Phi) is 3.17. The molecule has 0 aliphatic rings. The van der Waals surface area contributed by atoms with Gasteiger partial charge in [0, 0.05) is 6.20 Å². The van der Waals surface area contributed by atoms with Crippen molar-refractivity contribution < 1.29 is 4.52 Å². The summed E-state index contributed by atoms with van der Waals surface area (Å²) in [6.45, 7) is 8.07. The van der Waals surface area contributed by atoms with E-state index in [1.165, 1.54) is 0 Å². The van der Waals surface area contributed by atoms with Gasteiger partial charge >= 0.3 is 0 Å². The van der Waals surface area contributed by atoms with Crippen LogP contribution < -0.4 is 5.73 Å². The largest absolute Gasteiger partial charge is 0.337 e. The molecule has 0 saturated carbocycles. The molecule has 0 bridgehead atoms. The van der Waals surface area contributed by atoms with Gasteiger partial charge in [0.2, 0.25) is 11.7 Å². The maximum absolute atomic E-state index is 6.08. The highest BCUT2D eigenvalue weighted by Crippen LogP contribution is 2.30. The standard InChI is InChI=1S/C13H18N4O/c1-8-6-5-7-15-9(8)11-16-12(18-17-11)10(14)13(2,3)4/h5-7,10H,14H2,1-4H3/t10-/m1/s1. The van der Waals surface area contributed by atoms with Crippen molar-refractivity contribution in [3.63, 3.8) is 0 Å². The van der Waals surface area contributed by atoms with E-state index in [4.69, 9.17) is 10.3 Å². The van der Waals surface area contributed by atoms with Gasteiger partial charge in [0.1, 0.15) is 5.69 Å². The van der Waals surface area contributed by atoms with Crippen LogP contribution in [0.25, 0.3) is 11.5 Å². The number of aromatic nitrogens is 3. The van der Waals surface area contributed by atoms with E-state index in [1.54, 1.807) is 6.20 Å². The normalized spacial score (nSPS) is 13.6. The summed E-state index contributed by atoms with van der Waals surface area (Å²) in [5.41, 5.74) is 7.70. The van der Waals surface area contributed by atoms with Crippen LogP contribution in [0.3, 0.4) is 0 Å². The minimum atomic E-state index is -0.289. The molecule has 0 spiro atoms. The lowest BCUT2D eigenvalue weighted by molar-refractivity contribution is 0.253. The van der Waals surface area contributed by atoms with Crippen molar-refractivity contribution in [2.24, 2.45) is 11.1 Å². The van der Waals surface area contributed by atoms with Gasteiger partial charge in [0.05, 0.1) is 6.04 Å². The van der Waals surface area contributed by atoms with Gasteiger partial charge in [-0.3, -0.25) is 4.98 Å². The molecule has 0 fully saturated rings. The third kappa shape index (κ3) is 2.41. The van der Waals surface area contributed by atoms with E-state index in [1.807, 2.05) is 39.8 Å². The highest BCUT2D eigenvalue weighted by Gasteiger charge is 2.28. The van der Waals surface area contributed by atoms with Gasteiger partial charge in [-0.05, 0) is 24.0 Å². The summed E-state index contributed by atoms with van der Waals surface area (Å²) < 4.78 is 5.24. The van der Waals surface area contributed by atoms with Gasteiger partial charge in [-0.1, -0.05) is 32.0 Å². The zero-order chi connectivity index (χ0) is 13.3. The molecule has 0 aliphatic carbocycles. The highest BCUT2D eigenvalue weighted by molar-refractivity contribution is 5.53. The molecule has 2 aromatic heterocycles. The van der Waals surface area contributed by atoms with Gasteiger partial charge in [0.25, 0.3) is 0 Å². The Labute approximate surface area is 106 Å². The van der Waals surface area contributed by atoms with Crippen molar-refractivity contribution >= 4 is 0 Å². The van der Waals surface area contributed by atoms with Gasteiger partial charge in [0.15, 0.2) is 0 Å². The highest BCUT2D eigenvalue weighted by atomic mass is 16.5. The Morgan fingerprint density at radius 2 is 2.06 bits per heavy atom. The minimum Gasteiger partial charge on any atom is -0.337 e. The summed E-state index contributed by atoms with van der Waals surface area (Å²) in [6.07, 6.45) is 1.71. The maximum atomic E-state index is 6.08. The number of rotatable bonds is 2. The average Bonchev–Trinajstić information content (AvgIpc) is 2.76. The van der Waals surface area contributed by atoms with E-state index in [0.717, 1.165) is 11.3 Å². The molecule has 96 valence electrons. The van der Waals surface area contributed by atoms with Crippen molar-refractivity contribution in [3.8, 4) is 11.5 Å². The third-order valence-electron chi connectivity index (χ3n) is 2.86. The first-order valence-corrected chi connectivity index (χ1v) is 5.91. The second-order valence-electron chi connectivity index (χ2n) is 5.47. The molecular weight excluding hydrogens is 228 g/mol. The molecule has 0 aromatic carbocycles. The summed E-state index contributed by atoms with van der Waals surface area (Å²) >= 11 is 0. The molecule has 0 unspecified atom stereocenters. The summed E-state index contributed by atoms with van der Waals surface area (Å²) in [7, 11) is 0. The molecule has 0 radical (unpaired) electrons. The number of aryl methyl sites for hydroxylation is 1. The Hall–Kier alpha value is -1.75. The fraction of sp³-hybridized carbons (Fsp3) is 0.462. The zero-order valence-electron chi connectivity index (χ0n) is 11.1. The number of pyridine rings is 1. The van der Waals surface area contributed by atoms with Gasteiger partial charge in [-0.2, -0.15) is 4.98 Å². The van der Waals surface area contributed by atoms with Gasteiger partial charge in [-0.15, -0.1) is 0 Å². The summed E-state index contributed by atoms with van der Waals surface area (Å²) in [5, 5.41) is 3.95. The molecule has 2 aromatic rings. The van der Waals surface area contributed by atoms with Crippen LogP contribution >= 0.6 is 0 Å². The van der Waals surface area contributed by atoms with Crippen molar-refractivity contribution in [1.29, 1.82) is 0 Å². The molecule has 0 aliphatic heterocycles.